The Morgan fingerprint density at radius 1 is 1.25 bits per heavy atom. The summed E-state index contributed by atoms with van der Waals surface area (Å²) in [5.41, 5.74) is 3.09. The van der Waals surface area contributed by atoms with E-state index in [2.05, 4.69) is 45.9 Å². The first-order chi connectivity index (χ1) is 3.06. The van der Waals surface area contributed by atoms with Crippen molar-refractivity contribution in [2.45, 2.75) is 19.6 Å². The van der Waals surface area contributed by atoms with Gasteiger partial charge in [-0.3, -0.25) is 0 Å². The van der Waals surface area contributed by atoms with Gasteiger partial charge in [-0.1, -0.05) is 19.6 Å². The molecule has 0 unspecified atom stereocenters. The summed E-state index contributed by atoms with van der Waals surface area (Å²) in [4.78, 5) is 2.73. The van der Waals surface area contributed by atoms with Gasteiger partial charge in [0.15, 0.2) is 0 Å². The molecule has 0 aliphatic rings. The average molecular weight is 203 g/mol. The minimum absolute atomic E-state index is 0. The zero-order valence-electron chi connectivity index (χ0n) is 4.88. The summed E-state index contributed by atoms with van der Waals surface area (Å²) >= 11 is 3.06. The van der Waals surface area contributed by atoms with Gasteiger partial charge in [0.25, 0.3) is 0 Å². The van der Waals surface area contributed by atoms with E-state index in [-0.39, 0.29) is 23.1 Å². The number of halogens is 1. The molecule has 0 atom stereocenters. The molecule has 0 amide bonds. The maximum Gasteiger partial charge on any atom is 0.316 e. The summed E-state index contributed by atoms with van der Waals surface area (Å²) in [6, 6.07) is 0. The molecular weight excluding hydrogens is 192 g/mol. The van der Waals surface area contributed by atoms with Gasteiger partial charge in [0.2, 0.25) is 0 Å². The van der Waals surface area contributed by atoms with Crippen LogP contribution in [0.1, 0.15) is 0 Å². The van der Waals surface area contributed by atoms with Gasteiger partial charge in [0.1, 0.15) is 8.07 Å². The Balaban J connectivity index is 0. The summed E-state index contributed by atoms with van der Waals surface area (Å²) in [5, 5.41) is 0. The molecule has 0 aromatic heterocycles. The monoisotopic (exact) mass is 202 g/mol. The van der Waals surface area contributed by atoms with E-state index in [0.717, 1.165) is 0 Å². The lowest BCUT2D eigenvalue weighted by molar-refractivity contribution is 1.82. The molecule has 0 saturated carbocycles. The Morgan fingerprint density at radius 3 is 1.62 bits per heavy atom. The summed E-state index contributed by atoms with van der Waals surface area (Å²) in [6.45, 7) is 6.63. The minimum Gasteiger partial charge on any atom is -0.120 e. The summed E-state index contributed by atoms with van der Waals surface area (Å²) < 4.78 is 0. The van der Waals surface area contributed by atoms with Gasteiger partial charge < -0.3 is 0 Å². The number of hydrogen-bond donors (Lipinski definition) is 0. The molecule has 0 aromatic rings. The van der Waals surface area contributed by atoms with Gasteiger partial charge in [0.05, 0.1) is 0 Å². The molecule has 0 spiro atoms. The Morgan fingerprint density at radius 2 is 1.62 bits per heavy atom. The second-order valence-electron chi connectivity index (χ2n) is 2.47. The van der Waals surface area contributed by atoms with Crippen LogP contribution in [0.2, 0.25) is 19.6 Å². The van der Waals surface area contributed by atoms with Crippen LogP contribution >= 0.6 is 15.9 Å². The van der Waals surface area contributed by atoms with Crippen LogP contribution in [0.5, 0.6) is 0 Å². The molecule has 44 valence electrons. The Kier molecular flexibility index (Phi) is 7.15. The molecule has 0 nitrogen and oxygen atoms in total. The van der Waals surface area contributed by atoms with Crippen LogP contribution in [0.15, 0.2) is 0 Å². The van der Waals surface area contributed by atoms with Crippen LogP contribution in [0.3, 0.4) is 0 Å². The average Bonchev–Trinajstić information content (AvgIpc) is 1.30. The third-order valence-electron chi connectivity index (χ3n) is 0.422. The first kappa shape index (κ1) is 11.8. The zero-order chi connectivity index (χ0) is 5.91. The number of hydrogen-bond acceptors (Lipinski definition) is 0. The fourth-order valence-electron chi connectivity index (χ4n) is 0.142. The second kappa shape index (κ2) is 4.86. The van der Waals surface area contributed by atoms with Crippen LogP contribution in [-0.2, 0) is 0 Å². The van der Waals surface area contributed by atoms with E-state index in [1.54, 1.807) is 0 Å². The fourth-order valence-corrected chi connectivity index (χ4v) is 2.21. The van der Waals surface area contributed by atoms with Gasteiger partial charge in [-0.05, 0) is 4.83 Å². The normalized spacial score (nSPS) is 8.50. The van der Waals surface area contributed by atoms with Gasteiger partial charge in [-0.15, -0.1) is 5.54 Å². The molecule has 8 heavy (non-hydrogen) atoms. The summed E-state index contributed by atoms with van der Waals surface area (Å²) in [7, 11) is -1.07. The predicted molar refractivity (Wildman–Crippen MR) is 48.6 cm³/mol. The predicted octanol–water partition coefficient (Wildman–Crippen LogP) is 1.30. The van der Waals surface area contributed by atoms with E-state index in [9.17, 15) is 0 Å². The lowest BCUT2D eigenvalue weighted by atomic mass is 11.4. The van der Waals surface area contributed by atoms with Crippen molar-refractivity contribution in [1.82, 2.24) is 0 Å². The largest absolute Gasteiger partial charge is 0.316 e. The highest BCUT2D eigenvalue weighted by atomic mass is 79.9. The van der Waals surface area contributed by atoms with Gasteiger partial charge in [-0.2, -0.15) is 0 Å². The molecule has 0 aliphatic carbocycles. The summed E-state index contributed by atoms with van der Waals surface area (Å²) in [6.07, 6.45) is 0. The lowest BCUT2D eigenvalue weighted by Crippen LogP contribution is -2.15. The van der Waals surface area contributed by atoms with E-state index in [1.165, 1.54) is 0 Å². The second-order valence-corrected chi connectivity index (χ2v) is 7.62. The summed E-state index contributed by atoms with van der Waals surface area (Å²) in [5.74, 6) is 0. The molecule has 0 N–H and O–H groups in total. The van der Waals surface area contributed by atoms with Crippen LogP contribution in [0.4, 0.5) is 0 Å². The van der Waals surface area contributed by atoms with Crippen molar-refractivity contribution in [2.75, 3.05) is 0 Å². The van der Waals surface area contributed by atoms with Crippen molar-refractivity contribution in [1.29, 1.82) is 0 Å². The van der Waals surface area contributed by atoms with E-state index in [4.69, 9.17) is 0 Å². The zero-order valence-corrected chi connectivity index (χ0v) is 7.46. The van der Waals surface area contributed by atoms with Crippen molar-refractivity contribution in [3.63, 3.8) is 0 Å². The Labute approximate surface area is 76.7 Å². The molecule has 0 aliphatic heterocycles. The lowest BCUT2D eigenvalue weighted by Gasteiger charge is -2.01. The first-order valence-electron chi connectivity index (χ1n) is 2.19. The van der Waals surface area contributed by atoms with Gasteiger partial charge in [-0.25, -0.2) is 0 Å². The van der Waals surface area contributed by atoms with Crippen molar-refractivity contribution in [3.8, 4) is 10.4 Å². The SMILES string of the molecule is C[Si](C)(C)C#CBr.[MgH2]. The molecule has 0 bridgehead atoms. The van der Waals surface area contributed by atoms with Crippen LogP contribution < -0.4 is 0 Å². The molecule has 0 rings (SSSR count). The highest BCUT2D eigenvalue weighted by Crippen LogP contribution is 1.96. The molecular formula is C5H11BrMgSi. The highest BCUT2D eigenvalue weighted by Gasteiger charge is 2.06. The smallest absolute Gasteiger partial charge is 0.120 e. The molecule has 0 aromatic carbocycles. The third kappa shape index (κ3) is 10.1. The topological polar surface area (TPSA) is 0 Å². The van der Waals surface area contributed by atoms with Crippen LogP contribution in [0, 0.1) is 10.4 Å². The molecule has 3 heteroatoms. The molecule has 0 heterocycles. The highest BCUT2D eigenvalue weighted by molar-refractivity contribution is 9.12. The van der Waals surface area contributed by atoms with E-state index >= 15 is 0 Å². The van der Waals surface area contributed by atoms with Crippen molar-refractivity contribution < 1.29 is 0 Å². The van der Waals surface area contributed by atoms with Crippen LogP contribution in [-0.4, -0.2) is 31.1 Å². The van der Waals surface area contributed by atoms with E-state index in [0.29, 0.717) is 0 Å². The maximum atomic E-state index is 3.09. The van der Waals surface area contributed by atoms with Gasteiger partial charge >= 0.3 is 23.1 Å². The number of rotatable bonds is 0. The minimum atomic E-state index is -1.07. The van der Waals surface area contributed by atoms with E-state index in [1.807, 2.05) is 0 Å². The maximum absolute atomic E-state index is 3.09. The van der Waals surface area contributed by atoms with E-state index < -0.39 is 8.07 Å². The van der Waals surface area contributed by atoms with Gasteiger partial charge in [0, 0.05) is 15.9 Å². The molecule has 0 saturated heterocycles. The molecule has 0 radical (unpaired) electrons. The van der Waals surface area contributed by atoms with Crippen molar-refractivity contribution >= 4 is 47.1 Å². The first-order valence-corrected chi connectivity index (χ1v) is 6.48. The standard InChI is InChI=1S/C5H9BrSi.Mg.2H/c1-7(2,3)5-4-6;;;/h1-3H3;;;. The molecule has 0 fully saturated rings. The fraction of sp³-hybridized carbons (Fsp3) is 0.600. The third-order valence-corrected chi connectivity index (χ3v) is 1.86. The quantitative estimate of drug-likeness (QED) is 0.411. The Hall–Kier alpha value is 1.02. The van der Waals surface area contributed by atoms with Crippen molar-refractivity contribution in [3.05, 3.63) is 0 Å². The Bertz CT molecular complexity index is 106. The van der Waals surface area contributed by atoms with Crippen LogP contribution in [0.25, 0.3) is 0 Å². The van der Waals surface area contributed by atoms with Crippen molar-refractivity contribution in [2.24, 2.45) is 0 Å².